The Morgan fingerprint density at radius 2 is 1.84 bits per heavy atom. The number of carbonyl (C=O) groups is 1. The summed E-state index contributed by atoms with van der Waals surface area (Å²) in [6, 6.07) is 17.1. The molecule has 1 heterocycles. The number of esters is 1. The largest absolute Gasteiger partial charge is 0.497 e. The quantitative estimate of drug-likeness (QED) is 0.615. The summed E-state index contributed by atoms with van der Waals surface area (Å²) in [4.78, 5) is 16.0. The Morgan fingerprint density at radius 1 is 1.08 bits per heavy atom. The second-order valence-corrected chi connectivity index (χ2v) is 5.39. The third-order valence-corrected chi connectivity index (χ3v) is 3.63. The molecule has 0 radical (unpaired) electrons. The van der Waals surface area contributed by atoms with Crippen molar-refractivity contribution in [3.63, 3.8) is 0 Å². The van der Waals surface area contributed by atoms with Crippen molar-refractivity contribution in [2.24, 2.45) is 0 Å². The molecular formula is C19H18N2O4. The first kappa shape index (κ1) is 16.7. The molecule has 3 rings (SSSR count). The smallest absolute Gasteiger partial charge is 0.306 e. The molecule has 2 aromatic carbocycles. The highest BCUT2D eigenvalue weighted by molar-refractivity contribution is 5.69. The van der Waals surface area contributed by atoms with Crippen molar-refractivity contribution in [1.82, 2.24) is 10.1 Å². The Hall–Kier alpha value is -3.15. The van der Waals surface area contributed by atoms with Gasteiger partial charge in [0.1, 0.15) is 5.75 Å². The number of hydrogen-bond donors (Lipinski definition) is 0. The van der Waals surface area contributed by atoms with E-state index in [4.69, 9.17) is 14.0 Å². The molecular weight excluding hydrogens is 320 g/mol. The summed E-state index contributed by atoms with van der Waals surface area (Å²) in [5.74, 6) is 1.16. The van der Waals surface area contributed by atoms with Crippen molar-refractivity contribution in [2.45, 2.75) is 19.4 Å². The first-order valence-corrected chi connectivity index (χ1v) is 7.91. The van der Waals surface area contributed by atoms with Crippen LogP contribution in [0.2, 0.25) is 0 Å². The van der Waals surface area contributed by atoms with E-state index in [1.807, 2.05) is 54.6 Å². The van der Waals surface area contributed by atoms with Crippen molar-refractivity contribution in [1.29, 1.82) is 0 Å². The van der Waals surface area contributed by atoms with E-state index in [1.165, 1.54) is 0 Å². The second-order valence-electron chi connectivity index (χ2n) is 5.39. The predicted molar refractivity (Wildman–Crippen MR) is 90.8 cm³/mol. The minimum absolute atomic E-state index is 0.0310. The maximum atomic E-state index is 11.8. The summed E-state index contributed by atoms with van der Waals surface area (Å²) in [7, 11) is 1.60. The van der Waals surface area contributed by atoms with Crippen LogP contribution in [0.5, 0.6) is 5.75 Å². The summed E-state index contributed by atoms with van der Waals surface area (Å²) in [5.41, 5.74) is 1.89. The Kier molecular flexibility index (Phi) is 5.41. The van der Waals surface area contributed by atoms with Crippen LogP contribution in [-0.4, -0.2) is 23.2 Å². The Balaban J connectivity index is 1.50. The Bertz CT molecular complexity index is 813. The van der Waals surface area contributed by atoms with Gasteiger partial charge in [-0.15, -0.1) is 0 Å². The zero-order chi connectivity index (χ0) is 17.5. The van der Waals surface area contributed by atoms with E-state index in [0.717, 1.165) is 16.9 Å². The number of ether oxygens (including phenoxy) is 2. The maximum Gasteiger partial charge on any atom is 0.306 e. The standard InChI is InChI=1S/C19H18N2O4/c1-23-16-10-8-15(9-11-16)19-20-17(25-21-19)13-24-18(22)12-7-14-5-3-2-4-6-14/h2-6,8-11H,7,12-13H2,1H3. The van der Waals surface area contributed by atoms with Gasteiger partial charge >= 0.3 is 5.97 Å². The number of hydrogen-bond acceptors (Lipinski definition) is 6. The molecule has 0 aliphatic rings. The molecule has 0 N–H and O–H groups in total. The maximum absolute atomic E-state index is 11.8. The number of carbonyl (C=O) groups excluding carboxylic acids is 1. The third-order valence-electron chi connectivity index (χ3n) is 3.63. The van der Waals surface area contributed by atoms with Gasteiger partial charge in [0.05, 0.1) is 7.11 Å². The molecule has 1 aromatic heterocycles. The van der Waals surface area contributed by atoms with Crippen molar-refractivity contribution >= 4 is 5.97 Å². The van der Waals surface area contributed by atoms with Gasteiger partial charge in [-0.25, -0.2) is 0 Å². The second kappa shape index (κ2) is 8.10. The topological polar surface area (TPSA) is 74.5 Å². The van der Waals surface area contributed by atoms with Crippen molar-refractivity contribution in [3.05, 3.63) is 66.1 Å². The molecule has 128 valence electrons. The summed E-state index contributed by atoms with van der Waals surface area (Å²) in [5, 5.41) is 3.90. The summed E-state index contributed by atoms with van der Waals surface area (Å²) < 4.78 is 15.4. The van der Waals surface area contributed by atoms with Crippen molar-refractivity contribution < 1.29 is 18.8 Å². The van der Waals surface area contributed by atoms with E-state index in [0.29, 0.717) is 18.7 Å². The molecule has 0 aliphatic carbocycles. The molecule has 6 nitrogen and oxygen atoms in total. The fourth-order valence-electron chi connectivity index (χ4n) is 2.28. The highest BCUT2D eigenvalue weighted by Gasteiger charge is 2.11. The van der Waals surface area contributed by atoms with Gasteiger partial charge in [-0.3, -0.25) is 4.79 Å². The van der Waals surface area contributed by atoms with Gasteiger partial charge in [-0.1, -0.05) is 35.5 Å². The number of benzene rings is 2. The van der Waals surface area contributed by atoms with Crippen LogP contribution in [-0.2, 0) is 22.6 Å². The molecule has 0 saturated heterocycles. The van der Waals surface area contributed by atoms with Crippen LogP contribution in [0, 0.1) is 0 Å². The van der Waals surface area contributed by atoms with Gasteiger partial charge in [0.2, 0.25) is 5.82 Å². The normalized spacial score (nSPS) is 10.4. The van der Waals surface area contributed by atoms with E-state index in [2.05, 4.69) is 10.1 Å². The van der Waals surface area contributed by atoms with Crippen LogP contribution in [0.15, 0.2) is 59.1 Å². The highest BCUT2D eigenvalue weighted by Crippen LogP contribution is 2.19. The molecule has 0 saturated carbocycles. The zero-order valence-corrected chi connectivity index (χ0v) is 13.8. The molecule has 0 fully saturated rings. The van der Waals surface area contributed by atoms with Crippen LogP contribution < -0.4 is 4.74 Å². The summed E-state index contributed by atoms with van der Waals surface area (Å²) >= 11 is 0. The number of rotatable bonds is 7. The minimum atomic E-state index is -0.298. The third kappa shape index (κ3) is 4.67. The zero-order valence-electron chi connectivity index (χ0n) is 13.8. The van der Waals surface area contributed by atoms with Gasteiger partial charge < -0.3 is 14.0 Å². The van der Waals surface area contributed by atoms with Crippen LogP contribution >= 0.6 is 0 Å². The first-order chi connectivity index (χ1) is 12.2. The summed E-state index contributed by atoms with van der Waals surface area (Å²) in [6.45, 7) is -0.0310. The molecule has 0 amide bonds. The average Bonchev–Trinajstić information content (AvgIpc) is 3.14. The molecule has 25 heavy (non-hydrogen) atoms. The van der Waals surface area contributed by atoms with Crippen LogP contribution in [0.25, 0.3) is 11.4 Å². The van der Waals surface area contributed by atoms with Gasteiger partial charge in [-0.2, -0.15) is 4.98 Å². The molecule has 3 aromatic rings. The minimum Gasteiger partial charge on any atom is -0.497 e. The number of aryl methyl sites for hydroxylation is 1. The molecule has 0 spiro atoms. The van der Waals surface area contributed by atoms with E-state index in [1.54, 1.807) is 7.11 Å². The van der Waals surface area contributed by atoms with Crippen molar-refractivity contribution in [2.75, 3.05) is 7.11 Å². The number of nitrogens with zero attached hydrogens (tertiary/aromatic N) is 2. The summed E-state index contributed by atoms with van der Waals surface area (Å²) in [6.07, 6.45) is 0.949. The van der Waals surface area contributed by atoms with Gasteiger partial charge in [-0.05, 0) is 36.2 Å². The van der Waals surface area contributed by atoms with Crippen molar-refractivity contribution in [3.8, 4) is 17.1 Å². The van der Waals surface area contributed by atoms with Crippen LogP contribution in [0.3, 0.4) is 0 Å². The SMILES string of the molecule is COc1ccc(-c2noc(COC(=O)CCc3ccccc3)n2)cc1. The molecule has 0 unspecified atom stereocenters. The lowest BCUT2D eigenvalue weighted by Crippen LogP contribution is -2.06. The van der Waals surface area contributed by atoms with E-state index in [-0.39, 0.29) is 18.5 Å². The molecule has 0 atom stereocenters. The van der Waals surface area contributed by atoms with E-state index >= 15 is 0 Å². The average molecular weight is 338 g/mol. The van der Waals surface area contributed by atoms with E-state index < -0.39 is 0 Å². The van der Waals surface area contributed by atoms with Crippen LogP contribution in [0.4, 0.5) is 0 Å². The molecule has 0 aliphatic heterocycles. The monoisotopic (exact) mass is 338 g/mol. The van der Waals surface area contributed by atoms with Crippen LogP contribution in [0.1, 0.15) is 17.9 Å². The predicted octanol–water partition coefficient (Wildman–Crippen LogP) is 3.42. The lowest BCUT2D eigenvalue weighted by atomic mass is 10.1. The van der Waals surface area contributed by atoms with Gasteiger partial charge in [0.15, 0.2) is 6.61 Å². The molecule has 6 heteroatoms. The number of methoxy groups -OCH3 is 1. The Labute approximate surface area is 145 Å². The fourth-order valence-corrected chi connectivity index (χ4v) is 2.28. The molecule has 0 bridgehead atoms. The Morgan fingerprint density at radius 3 is 2.56 bits per heavy atom. The number of aromatic nitrogens is 2. The highest BCUT2D eigenvalue weighted by atomic mass is 16.6. The van der Waals surface area contributed by atoms with Gasteiger partial charge in [0.25, 0.3) is 5.89 Å². The first-order valence-electron chi connectivity index (χ1n) is 7.91. The van der Waals surface area contributed by atoms with E-state index in [9.17, 15) is 4.79 Å². The van der Waals surface area contributed by atoms with Gasteiger partial charge in [0, 0.05) is 12.0 Å². The fraction of sp³-hybridized carbons (Fsp3) is 0.211. The lowest BCUT2D eigenvalue weighted by Gasteiger charge is -2.02. The lowest BCUT2D eigenvalue weighted by molar-refractivity contribution is -0.145.